The Bertz CT molecular complexity index is 2710. The Morgan fingerprint density at radius 3 is 1.94 bits per heavy atom. The second-order valence-corrected chi connectivity index (χ2v) is 17.5. The first-order chi connectivity index (χ1) is 25.3. The molecule has 0 bridgehead atoms. The minimum atomic E-state index is -0.103. The molecule has 53 heavy (non-hydrogen) atoms. The average Bonchev–Trinajstić information content (AvgIpc) is 3.62. The highest BCUT2D eigenvalue weighted by Gasteiger charge is 2.35. The van der Waals surface area contributed by atoms with Crippen molar-refractivity contribution in [2.75, 3.05) is 4.90 Å². The second-order valence-electron chi connectivity index (χ2n) is 17.5. The lowest BCUT2D eigenvalue weighted by Crippen LogP contribution is -2.15. The standard InChI is InChI=1S/C51H47NO/c1-49(2,3)34-19-22-36(23-20-34)52(37-24-26-41-42-30-35(50(4,5)6)21-28-46(42)53-47(41)31-37)45-27-18-32-13-9-10-14-38(32)48(45)33-17-25-40-39-15-11-12-16-43(39)51(7,8)44(40)29-33/h9-31H,1-8H3. The van der Waals surface area contributed by atoms with Crippen LogP contribution in [0.5, 0.6) is 0 Å². The van der Waals surface area contributed by atoms with Crippen LogP contribution in [0.1, 0.15) is 77.6 Å². The van der Waals surface area contributed by atoms with Crippen molar-refractivity contribution in [3.63, 3.8) is 0 Å². The zero-order chi connectivity index (χ0) is 36.9. The molecule has 1 aliphatic rings. The molecule has 0 radical (unpaired) electrons. The van der Waals surface area contributed by atoms with Gasteiger partial charge in [0.1, 0.15) is 11.2 Å². The Morgan fingerprint density at radius 2 is 1.17 bits per heavy atom. The zero-order valence-electron chi connectivity index (χ0n) is 32.1. The molecule has 1 heterocycles. The summed E-state index contributed by atoms with van der Waals surface area (Å²) in [7, 11) is 0. The molecule has 9 rings (SSSR count). The Labute approximate surface area is 313 Å². The molecule has 1 aromatic heterocycles. The summed E-state index contributed by atoms with van der Waals surface area (Å²) in [6, 6.07) is 51.9. The number of benzene rings is 7. The lowest BCUT2D eigenvalue weighted by atomic mass is 9.81. The van der Waals surface area contributed by atoms with Crippen LogP contribution in [-0.4, -0.2) is 0 Å². The molecule has 2 heteroatoms. The largest absolute Gasteiger partial charge is 0.456 e. The number of nitrogens with zero attached hydrogens (tertiary/aromatic N) is 1. The van der Waals surface area contributed by atoms with Crippen molar-refractivity contribution in [1.82, 2.24) is 0 Å². The molecular formula is C51H47NO. The van der Waals surface area contributed by atoms with Gasteiger partial charge in [-0.2, -0.15) is 0 Å². The SMILES string of the molecule is CC(C)(C)c1ccc(N(c2ccc3c(c2)oc2ccc(C(C)(C)C)cc23)c2ccc3ccccc3c2-c2ccc3c(c2)C(C)(C)c2ccccc2-3)cc1. The monoisotopic (exact) mass is 689 g/mol. The van der Waals surface area contributed by atoms with E-state index in [-0.39, 0.29) is 16.2 Å². The summed E-state index contributed by atoms with van der Waals surface area (Å²) in [5.41, 5.74) is 15.6. The fourth-order valence-electron chi connectivity index (χ4n) is 8.52. The van der Waals surface area contributed by atoms with E-state index < -0.39 is 0 Å². The first-order valence-corrected chi connectivity index (χ1v) is 18.9. The van der Waals surface area contributed by atoms with Crippen LogP contribution in [-0.2, 0) is 16.2 Å². The van der Waals surface area contributed by atoms with Crippen molar-refractivity contribution in [1.29, 1.82) is 0 Å². The van der Waals surface area contributed by atoms with Crippen molar-refractivity contribution < 1.29 is 4.42 Å². The van der Waals surface area contributed by atoms with E-state index in [9.17, 15) is 0 Å². The molecule has 0 saturated carbocycles. The highest BCUT2D eigenvalue weighted by molar-refractivity contribution is 6.09. The van der Waals surface area contributed by atoms with Crippen molar-refractivity contribution in [3.05, 3.63) is 162 Å². The maximum Gasteiger partial charge on any atom is 0.137 e. The minimum Gasteiger partial charge on any atom is -0.456 e. The third kappa shape index (κ3) is 5.38. The van der Waals surface area contributed by atoms with Crippen LogP contribution >= 0.6 is 0 Å². The Morgan fingerprint density at radius 1 is 0.491 bits per heavy atom. The number of hydrogen-bond acceptors (Lipinski definition) is 2. The summed E-state index contributed by atoms with van der Waals surface area (Å²) < 4.78 is 6.61. The first-order valence-electron chi connectivity index (χ1n) is 18.9. The predicted octanol–water partition coefficient (Wildman–Crippen LogP) is 14.8. The van der Waals surface area contributed by atoms with Crippen molar-refractivity contribution in [2.24, 2.45) is 0 Å². The summed E-state index contributed by atoms with van der Waals surface area (Å²) >= 11 is 0. The molecule has 1 aliphatic carbocycles. The Balaban J connectivity index is 1.29. The molecule has 8 aromatic rings. The van der Waals surface area contributed by atoms with Gasteiger partial charge in [0.15, 0.2) is 0 Å². The van der Waals surface area contributed by atoms with Gasteiger partial charge in [0.25, 0.3) is 0 Å². The van der Waals surface area contributed by atoms with Crippen molar-refractivity contribution >= 4 is 49.8 Å². The first kappa shape index (κ1) is 33.3. The van der Waals surface area contributed by atoms with Gasteiger partial charge >= 0.3 is 0 Å². The van der Waals surface area contributed by atoms with Gasteiger partial charge in [-0.05, 0) is 109 Å². The molecule has 0 unspecified atom stereocenters. The lowest BCUT2D eigenvalue weighted by Gasteiger charge is -2.30. The van der Waals surface area contributed by atoms with Gasteiger partial charge in [0.2, 0.25) is 0 Å². The second kappa shape index (κ2) is 11.7. The van der Waals surface area contributed by atoms with Crippen LogP contribution < -0.4 is 4.90 Å². The molecule has 0 amide bonds. The van der Waals surface area contributed by atoms with Crippen LogP contribution in [0.3, 0.4) is 0 Å². The summed E-state index contributed by atoms with van der Waals surface area (Å²) in [5, 5.41) is 4.75. The van der Waals surface area contributed by atoms with E-state index >= 15 is 0 Å². The number of anilines is 3. The van der Waals surface area contributed by atoms with E-state index in [0.717, 1.165) is 39.0 Å². The van der Waals surface area contributed by atoms with E-state index in [1.165, 1.54) is 55.3 Å². The summed E-state index contributed by atoms with van der Waals surface area (Å²) in [6.07, 6.45) is 0. The summed E-state index contributed by atoms with van der Waals surface area (Å²) in [5.74, 6) is 0. The molecule has 0 fully saturated rings. The van der Waals surface area contributed by atoms with Gasteiger partial charge in [0, 0.05) is 39.2 Å². The Kier molecular flexibility index (Phi) is 7.34. The molecule has 0 N–H and O–H groups in total. The fourth-order valence-corrected chi connectivity index (χ4v) is 8.52. The third-order valence-corrected chi connectivity index (χ3v) is 11.6. The van der Waals surface area contributed by atoms with Gasteiger partial charge in [-0.1, -0.05) is 140 Å². The van der Waals surface area contributed by atoms with Gasteiger partial charge < -0.3 is 9.32 Å². The molecule has 0 saturated heterocycles. The molecule has 0 spiro atoms. The van der Waals surface area contributed by atoms with Crippen LogP contribution in [0.2, 0.25) is 0 Å². The maximum atomic E-state index is 6.61. The highest BCUT2D eigenvalue weighted by atomic mass is 16.3. The van der Waals surface area contributed by atoms with E-state index in [1.807, 2.05) is 0 Å². The average molecular weight is 690 g/mol. The Hall–Kier alpha value is -5.60. The number of rotatable bonds is 4. The lowest BCUT2D eigenvalue weighted by molar-refractivity contribution is 0.590. The molecule has 2 nitrogen and oxygen atoms in total. The molecular weight excluding hydrogens is 643 g/mol. The van der Waals surface area contributed by atoms with E-state index in [2.05, 4.69) is 200 Å². The number of furan rings is 1. The fraction of sp³-hybridized carbons (Fsp3) is 0.216. The van der Waals surface area contributed by atoms with Crippen LogP contribution in [0, 0.1) is 0 Å². The van der Waals surface area contributed by atoms with Crippen LogP contribution in [0.15, 0.2) is 144 Å². The topological polar surface area (TPSA) is 16.4 Å². The van der Waals surface area contributed by atoms with E-state index in [4.69, 9.17) is 4.42 Å². The number of fused-ring (bicyclic) bond motifs is 7. The maximum absolute atomic E-state index is 6.61. The van der Waals surface area contributed by atoms with Gasteiger partial charge in [0.05, 0.1) is 5.69 Å². The van der Waals surface area contributed by atoms with E-state index in [0.29, 0.717) is 0 Å². The quantitative estimate of drug-likeness (QED) is 0.183. The van der Waals surface area contributed by atoms with Crippen LogP contribution in [0.4, 0.5) is 17.1 Å². The van der Waals surface area contributed by atoms with Crippen molar-refractivity contribution in [3.8, 4) is 22.3 Å². The number of hydrogen-bond donors (Lipinski definition) is 0. The summed E-state index contributed by atoms with van der Waals surface area (Å²) in [6.45, 7) is 18.3. The smallest absolute Gasteiger partial charge is 0.137 e. The van der Waals surface area contributed by atoms with Gasteiger partial charge in [-0.3, -0.25) is 0 Å². The molecule has 7 aromatic carbocycles. The molecule has 0 aliphatic heterocycles. The van der Waals surface area contributed by atoms with Gasteiger partial charge in [-0.25, -0.2) is 0 Å². The summed E-state index contributed by atoms with van der Waals surface area (Å²) in [4.78, 5) is 2.43. The minimum absolute atomic E-state index is 0.0470. The zero-order valence-corrected chi connectivity index (χ0v) is 32.1. The van der Waals surface area contributed by atoms with Gasteiger partial charge in [-0.15, -0.1) is 0 Å². The van der Waals surface area contributed by atoms with E-state index in [1.54, 1.807) is 0 Å². The predicted molar refractivity (Wildman–Crippen MR) is 226 cm³/mol. The molecule has 262 valence electrons. The van der Waals surface area contributed by atoms with Crippen LogP contribution in [0.25, 0.3) is 55.0 Å². The molecule has 0 atom stereocenters. The van der Waals surface area contributed by atoms with Crippen molar-refractivity contribution in [2.45, 2.75) is 71.6 Å². The highest BCUT2D eigenvalue weighted by Crippen LogP contribution is 2.52. The normalized spacial score (nSPS) is 13.8. The third-order valence-electron chi connectivity index (χ3n) is 11.6.